The summed E-state index contributed by atoms with van der Waals surface area (Å²) in [7, 11) is 2.05. The maximum atomic E-state index is 14.9. The minimum absolute atomic E-state index is 0.000107. The van der Waals surface area contributed by atoms with Crippen molar-refractivity contribution in [1.29, 1.82) is 0 Å². The zero-order valence-electron chi connectivity index (χ0n) is 45.5. The van der Waals surface area contributed by atoms with E-state index in [1.807, 2.05) is 36.4 Å². The summed E-state index contributed by atoms with van der Waals surface area (Å²) in [6.45, 7) is 2.20. The lowest BCUT2D eigenvalue weighted by Crippen LogP contribution is -2.62. The van der Waals surface area contributed by atoms with Gasteiger partial charge in [-0.05, 0) is 111 Å². The molecular weight excluding hydrogens is 1080 g/mol. The first-order valence-electron chi connectivity index (χ1n) is 26.8. The van der Waals surface area contributed by atoms with Crippen LogP contribution >= 0.6 is 21.6 Å². The summed E-state index contributed by atoms with van der Waals surface area (Å²) in [6.07, 6.45) is 1.86. The number of hydrogen-bond donors (Lipinski definition) is 14. The second-order valence-corrected chi connectivity index (χ2v) is 23.3. The molecule has 0 bridgehead atoms. The van der Waals surface area contributed by atoms with Crippen LogP contribution in [0.2, 0.25) is 0 Å². The third-order valence-corrected chi connectivity index (χ3v) is 16.7. The van der Waals surface area contributed by atoms with Crippen molar-refractivity contribution in [2.24, 2.45) is 22.9 Å². The lowest BCUT2D eigenvalue weighted by molar-refractivity contribution is -0.135. The van der Waals surface area contributed by atoms with Gasteiger partial charge in [0.05, 0.1) is 19.2 Å². The van der Waals surface area contributed by atoms with Crippen LogP contribution in [-0.2, 0) is 62.4 Å². The first-order chi connectivity index (χ1) is 38.7. The highest BCUT2D eigenvalue weighted by molar-refractivity contribution is 8.77. The second-order valence-electron chi connectivity index (χ2n) is 20.3. The molecule has 1 aliphatic rings. The first kappa shape index (κ1) is 64.5. The van der Waals surface area contributed by atoms with E-state index in [0.29, 0.717) is 48.9 Å². The first-order valence-corrected chi connectivity index (χ1v) is 29.1. The van der Waals surface area contributed by atoms with Gasteiger partial charge in [0.15, 0.2) is 0 Å². The molecule has 1 aliphatic heterocycles. The Morgan fingerprint density at radius 1 is 0.667 bits per heavy atom. The number of nitrogens with two attached hydrogens (primary N) is 4. The predicted molar refractivity (Wildman–Crippen MR) is 310 cm³/mol. The van der Waals surface area contributed by atoms with Gasteiger partial charge in [0.1, 0.15) is 48.0 Å². The number of carbonyl (C=O) groups excluding carboxylic acids is 9. The van der Waals surface area contributed by atoms with Crippen molar-refractivity contribution in [3.63, 3.8) is 0 Å². The summed E-state index contributed by atoms with van der Waals surface area (Å²) in [6, 6.07) is 16.5. The molecule has 1 fully saturated rings. The van der Waals surface area contributed by atoms with Crippen molar-refractivity contribution >= 4 is 85.5 Å². The zero-order valence-corrected chi connectivity index (χ0v) is 47.1. The topological polar surface area (TPSA) is 394 Å². The van der Waals surface area contributed by atoms with Crippen LogP contribution in [-0.4, -0.2) is 148 Å². The summed E-state index contributed by atoms with van der Waals surface area (Å²) in [5.41, 5.74) is 25.4. The van der Waals surface area contributed by atoms with Crippen LogP contribution < -0.4 is 65.5 Å². The van der Waals surface area contributed by atoms with Crippen LogP contribution in [0.15, 0.2) is 97.1 Å². The number of benzene rings is 4. The molecule has 9 amide bonds. The molecule has 81 heavy (non-hydrogen) atoms. The van der Waals surface area contributed by atoms with Crippen LogP contribution in [0.3, 0.4) is 0 Å². The van der Waals surface area contributed by atoms with Crippen molar-refractivity contribution in [2.45, 2.75) is 125 Å². The predicted octanol–water partition coefficient (Wildman–Crippen LogP) is -0.680. The average Bonchev–Trinajstić information content (AvgIpc) is 3.45. The van der Waals surface area contributed by atoms with Crippen molar-refractivity contribution in [3.05, 3.63) is 114 Å². The van der Waals surface area contributed by atoms with Crippen molar-refractivity contribution in [3.8, 4) is 5.75 Å². The summed E-state index contributed by atoms with van der Waals surface area (Å²) in [5, 5.41) is 43.2. The number of aliphatic hydroxyl groups excluding tert-OH is 1. The smallest absolute Gasteiger partial charge is 0.245 e. The number of amides is 9. The Hall–Kier alpha value is -7.29. The summed E-state index contributed by atoms with van der Waals surface area (Å²) in [5.74, 6) is -7.88. The van der Waals surface area contributed by atoms with E-state index in [2.05, 4.69) is 42.5 Å². The van der Waals surface area contributed by atoms with E-state index >= 15 is 0 Å². The van der Waals surface area contributed by atoms with Gasteiger partial charge in [0, 0.05) is 23.3 Å². The fraction of sp³-hybridized carbons (Fsp3) is 0.446. The van der Waals surface area contributed by atoms with Gasteiger partial charge in [-0.1, -0.05) is 107 Å². The molecule has 0 aromatic heterocycles. The standard InChI is InChI=1S/C56H76N12O11S2/c1-56(2)47(68-49(73)39(59)27-34-19-22-38(70)23-20-34)55(79)66-42(29-35-18-21-36-14-6-7-15-37(36)26-35)50(74)61-30-46(71)62-44(31-69)53(77)65-43(28-33-12-4-3-5-13-33)52(76)67-45(32-80-81-56)54(78)64-41(17-9-11-25-58)51(75)63-40(48(60)72)16-8-10-24-57/h3-7,12-15,18-23,26,39-45,47,69-70H,8-11,16-17,24-25,27-32,57-59H2,1-2H3,(H2,60,72)(H,61,74)(H,62,71)(H,63,75)(H,64,78)(H,65,77)(H,66,79)(H,67,76)(H,68,73)/t39-,40-,41-,42-,43-,44-,45?,47+/m0/s1. The monoisotopic (exact) mass is 1160 g/mol. The second kappa shape index (κ2) is 32.2. The molecule has 18 N–H and O–H groups in total. The van der Waals surface area contributed by atoms with E-state index in [4.69, 9.17) is 22.9 Å². The molecule has 0 spiro atoms. The molecule has 1 saturated heterocycles. The highest BCUT2D eigenvalue weighted by atomic mass is 33.1. The molecular formula is C56H76N12O11S2. The SMILES string of the molecule is CC1(C)SSCC(C(=O)N[C@@H](CCCCN)C(=O)N[C@@H](CCCCN)C(N)=O)NC(=O)[C@H](Cc2ccccc2)NC(=O)[C@H](CO)NC(=O)CNC(=O)[C@H](Cc2ccc3ccccc3c2)NC(=O)[C@H]1NC(=O)[C@@H](N)Cc1ccc(O)cc1. The number of aromatic hydroxyl groups is 1. The molecule has 4 aromatic rings. The molecule has 1 unspecified atom stereocenters. The molecule has 438 valence electrons. The van der Waals surface area contributed by atoms with E-state index in [1.54, 1.807) is 62.4 Å². The fourth-order valence-corrected chi connectivity index (χ4v) is 11.6. The molecule has 0 saturated carbocycles. The van der Waals surface area contributed by atoms with E-state index < -0.39 is 119 Å². The van der Waals surface area contributed by atoms with E-state index in [9.17, 15) is 53.4 Å². The Labute approximate surface area is 478 Å². The van der Waals surface area contributed by atoms with Gasteiger partial charge in [-0.3, -0.25) is 43.2 Å². The number of carbonyl (C=O) groups is 9. The van der Waals surface area contributed by atoms with Crippen LogP contribution in [0.5, 0.6) is 5.75 Å². The van der Waals surface area contributed by atoms with Crippen molar-refractivity contribution < 1.29 is 53.4 Å². The Morgan fingerprint density at radius 2 is 1.26 bits per heavy atom. The highest BCUT2D eigenvalue weighted by Gasteiger charge is 2.41. The van der Waals surface area contributed by atoms with Crippen LogP contribution in [0.1, 0.15) is 69.1 Å². The average molecular weight is 1160 g/mol. The quantitative estimate of drug-likeness (QED) is 0.0342. The summed E-state index contributed by atoms with van der Waals surface area (Å²) < 4.78 is -1.35. The largest absolute Gasteiger partial charge is 0.508 e. The van der Waals surface area contributed by atoms with Gasteiger partial charge in [-0.15, -0.1) is 0 Å². The Kier molecular flexibility index (Phi) is 25.7. The molecule has 1 heterocycles. The van der Waals surface area contributed by atoms with Crippen LogP contribution in [0.4, 0.5) is 0 Å². The minimum atomic E-state index is -1.65. The summed E-state index contributed by atoms with van der Waals surface area (Å²) >= 11 is 0. The molecule has 8 atom stereocenters. The lowest BCUT2D eigenvalue weighted by atomic mass is 9.98. The van der Waals surface area contributed by atoms with Gasteiger partial charge in [0.2, 0.25) is 53.2 Å². The van der Waals surface area contributed by atoms with Gasteiger partial charge >= 0.3 is 0 Å². The molecule has 0 radical (unpaired) electrons. The van der Waals surface area contributed by atoms with Crippen molar-refractivity contribution in [2.75, 3.05) is 32.0 Å². The number of fused-ring (bicyclic) bond motifs is 1. The molecule has 5 rings (SSSR count). The highest BCUT2D eigenvalue weighted by Crippen LogP contribution is 2.39. The van der Waals surface area contributed by atoms with E-state index in [0.717, 1.165) is 32.4 Å². The normalized spacial score (nSPS) is 20.6. The Morgan fingerprint density at radius 3 is 1.91 bits per heavy atom. The number of nitrogens with one attached hydrogen (secondary N) is 8. The van der Waals surface area contributed by atoms with Gasteiger partial charge < -0.3 is 75.7 Å². The number of phenols is 1. The van der Waals surface area contributed by atoms with E-state index in [-0.39, 0.29) is 50.2 Å². The third-order valence-electron chi connectivity index (χ3n) is 13.4. The van der Waals surface area contributed by atoms with Crippen LogP contribution in [0.25, 0.3) is 10.8 Å². The number of phenolic OH excluding ortho intramolecular Hbond substituents is 1. The van der Waals surface area contributed by atoms with E-state index in [1.165, 1.54) is 12.1 Å². The molecule has 0 aliphatic carbocycles. The molecule has 4 aromatic carbocycles. The van der Waals surface area contributed by atoms with Gasteiger partial charge in [-0.25, -0.2) is 0 Å². The number of unbranched alkanes of at least 4 members (excludes halogenated alkanes) is 2. The molecule has 25 heteroatoms. The zero-order chi connectivity index (χ0) is 59.1. The number of rotatable bonds is 22. The third kappa shape index (κ3) is 20.6. The van der Waals surface area contributed by atoms with Gasteiger partial charge in [-0.2, -0.15) is 0 Å². The maximum Gasteiger partial charge on any atom is 0.245 e. The Bertz CT molecular complexity index is 2800. The van der Waals surface area contributed by atoms with Crippen molar-refractivity contribution in [1.82, 2.24) is 42.5 Å². The number of hydrogen-bond acceptors (Lipinski definition) is 16. The lowest BCUT2D eigenvalue weighted by Gasteiger charge is -2.35. The fourth-order valence-electron chi connectivity index (χ4n) is 8.75. The van der Waals surface area contributed by atoms with Gasteiger partial charge in [0.25, 0.3) is 0 Å². The Balaban J connectivity index is 1.56. The minimum Gasteiger partial charge on any atom is -0.508 e. The summed E-state index contributed by atoms with van der Waals surface area (Å²) in [4.78, 5) is 127. The maximum absolute atomic E-state index is 14.9. The van der Waals surface area contributed by atoms with Crippen LogP contribution in [0, 0.1) is 0 Å². The number of aliphatic hydroxyl groups is 1. The molecule has 23 nitrogen and oxygen atoms in total. The number of primary amides is 1.